The number of hydrogen-bond donors (Lipinski definition) is 2. The van der Waals surface area contributed by atoms with Crippen molar-refractivity contribution in [3.8, 4) is 12.3 Å². The molecule has 0 bridgehead atoms. The summed E-state index contributed by atoms with van der Waals surface area (Å²) in [5.41, 5.74) is 7.15. The van der Waals surface area contributed by atoms with Crippen LogP contribution in [0.15, 0.2) is 18.2 Å². The Morgan fingerprint density at radius 1 is 1.50 bits per heavy atom. The highest BCUT2D eigenvalue weighted by Crippen LogP contribution is 2.13. The number of benzene rings is 1. The fourth-order valence-electron chi connectivity index (χ4n) is 1.21. The van der Waals surface area contributed by atoms with Crippen LogP contribution < -0.4 is 11.1 Å². The summed E-state index contributed by atoms with van der Waals surface area (Å²) in [6.45, 7) is 5.41. The fourth-order valence-corrected chi connectivity index (χ4v) is 1.21. The molecule has 0 saturated heterocycles. The van der Waals surface area contributed by atoms with Crippen LogP contribution in [0.2, 0.25) is 0 Å². The van der Waals surface area contributed by atoms with Crippen LogP contribution in [0.25, 0.3) is 0 Å². The minimum absolute atomic E-state index is 0.189. The first kappa shape index (κ1) is 12.1. The Morgan fingerprint density at radius 2 is 2.12 bits per heavy atom. The number of anilines is 1. The number of nitrogens with one attached hydrogen (secondary N) is 1. The molecule has 0 heterocycles. The second-order valence-electron chi connectivity index (χ2n) is 4.29. The third kappa shape index (κ3) is 2.77. The number of carbonyl (C=O) groups excluding carboxylic acids is 1. The van der Waals surface area contributed by atoms with Crippen molar-refractivity contribution in [2.24, 2.45) is 0 Å². The van der Waals surface area contributed by atoms with Crippen molar-refractivity contribution >= 4 is 11.6 Å². The zero-order valence-electron chi connectivity index (χ0n) is 9.79. The maximum absolute atomic E-state index is 11.8. The second kappa shape index (κ2) is 4.28. The topological polar surface area (TPSA) is 55.1 Å². The van der Waals surface area contributed by atoms with E-state index in [1.807, 2.05) is 6.92 Å². The van der Waals surface area contributed by atoms with Gasteiger partial charge in [-0.1, -0.05) is 5.92 Å². The molecular formula is C13H16N2O. The van der Waals surface area contributed by atoms with Gasteiger partial charge in [0.25, 0.3) is 5.91 Å². The lowest BCUT2D eigenvalue weighted by atomic mass is 10.0. The molecule has 1 amide bonds. The van der Waals surface area contributed by atoms with Crippen molar-refractivity contribution in [2.45, 2.75) is 26.3 Å². The van der Waals surface area contributed by atoms with Gasteiger partial charge < -0.3 is 11.1 Å². The minimum Gasteiger partial charge on any atom is -0.399 e. The van der Waals surface area contributed by atoms with Crippen LogP contribution in [0.4, 0.5) is 5.69 Å². The molecule has 0 aliphatic rings. The van der Waals surface area contributed by atoms with E-state index in [9.17, 15) is 4.79 Å². The van der Waals surface area contributed by atoms with Crippen molar-refractivity contribution in [1.29, 1.82) is 0 Å². The van der Waals surface area contributed by atoms with Crippen LogP contribution in [-0.2, 0) is 0 Å². The van der Waals surface area contributed by atoms with E-state index in [2.05, 4.69) is 11.2 Å². The Kier molecular flexibility index (Phi) is 3.24. The summed E-state index contributed by atoms with van der Waals surface area (Å²) in [4.78, 5) is 11.8. The van der Waals surface area contributed by atoms with E-state index < -0.39 is 5.54 Å². The van der Waals surface area contributed by atoms with E-state index in [0.29, 0.717) is 11.3 Å². The predicted octanol–water partition coefficient (Wildman–Crippen LogP) is 1.72. The molecule has 0 saturated carbocycles. The highest BCUT2D eigenvalue weighted by Gasteiger charge is 2.18. The summed E-state index contributed by atoms with van der Waals surface area (Å²) in [6, 6.07) is 5.15. The first-order chi connectivity index (χ1) is 7.35. The summed E-state index contributed by atoms with van der Waals surface area (Å²) in [5, 5.41) is 2.75. The molecule has 1 aromatic rings. The summed E-state index contributed by atoms with van der Waals surface area (Å²) in [7, 11) is 0. The van der Waals surface area contributed by atoms with Gasteiger partial charge in [0, 0.05) is 11.3 Å². The summed E-state index contributed by atoms with van der Waals surface area (Å²) in [6.07, 6.45) is 5.30. The summed E-state index contributed by atoms with van der Waals surface area (Å²) in [5.74, 6) is 2.32. The van der Waals surface area contributed by atoms with E-state index in [1.165, 1.54) is 0 Å². The van der Waals surface area contributed by atoms with Crippen LogP contribution in [0.3, 0.4) is 0 Å². The smallest absolute Gasteiger partial charge is 0.252 e. The Hall–Kier alpha value is -1.95. The SMILES string of the molecule is C#CC(C)(C)NC(=O)c1ccc(N)c(C)c1. The van der Waals surface area contributed by atoms with E-state index in [-0.39, 0.29) is 5.91 Å². The zero-order valence-corrected chi connectivity index (χ0v) is 9.79. The normalized spacial score (nSPS) is 10.6. The zero-order chi connectivity index (χ0) is 12.3. The lowest BCUT2D eigenvalue weighted by molar-refractivity contribution is 0.0930. The van der Waals surface area contributed by atoms with Crippen LogP contribution in [-0.4, -0.2) is 11.4 Å². The molecule has 0 aliphatic carbocycles. The van der Waals surface area contributed by atoms with Crippen LogP contribution in [0, 0.1) is 19.3 Å². The van der Waals surface area contributed by atoms with E-state index >= 15 is 0 Å². The molecule has 3 heteroatoms. The Bertz CT molecular complexity index is 455. The molecule has 1 rings (SSSR count). The second-order valence-corrected chi connectivity index (χ2v) is 4.29. The van der Waals surface area contributed by atoms with Gasteiger partial charge in [0.1, 0.15) is 0 Å². The van der Waals surface area contributed by atoms with Crippen molar-refractivity contribution in [3.63, 3.8) is 0 Å². The number of terminal acetylenes is 1. The quantitative estimate of drug-likeness (QED) is 0.584. The maximum Gasteiger partial charge on any atom is 0.252 e. The van der Waals surface area contributed by atoms with Crippen LogP contribution in [0.1, 0.15) is 29.8 Å². The molecule has 84 valence electrons. The third-order valence-corrected chi connectivity index (χ3v) is 2.32. The van der Waals surface area contributed by atoms with Crippen molar-refractivity contribution in [3.05, 3.63) is 29.3 Å². The standard InChI is InChI=1S/C13H16N2O/c1-5-13(3,4)15-12(16)10-6-7-11(14)9(2)8-10/h1,6-8H,14H2,2-4H3,(H,15,16). The Balaban J connectivity index is 2.91. The minimum atomic E-state index is -0.646. The number of aryl methyl sites for hydroxylation is 1. The molecule has 3 nitrogen and oxygen atoms in total. The summed E-state index contributed by atoms with van der Waals surface area (Å²) >= 11 is 0. The predicted molar refractivity (Wildman–Crippen MR) is 66.0 cm³/mol. The molecule has 0 radical (unpaired) electrons. The number of nitrogens with two attached hydrogens (primary N) is 1. The molecule has 0 atom stereocenters. The lowest BCUT2D eigenvalue weighted by Crippen LogP contribution is -2.42. The van der Waals surface area contributed by atoms with E-state index in [0.717, 1.165) is 5.56 Å². The third-order valence-electron chi connectivity index (χ3n) is 2.32. The molecule has 0 fully saturated rings. The average molecular weight is 216 g/mol. The average Bonchev–Trinajstić information content (AvgIpc) is 2.21. The van der Waals surface area contributed by atoms with Gasteiger partial charge in [-0.05, 0) is 44.5 Å². The van der Waals surface area contributed by atoms with E-state index in [1.54, 1.807) is 32.0 Å². The molecule has 0 aliphatic heterocycles. The molecule has 16 heavy (non-hydrogen) atoms. The Morgan fingerprint density at radius 3 is 2.62 bits per heavy atom. The molecule has 1 aromatic carbocycles. The van der Waals surface area contributed by atoms with Gasteiger partial charge in [0.15, 0.2) is 0 Å². The first-order valence-corrected chi connectivity index (χ1v) is 5.02. The van der Waals surface area contributed by atoms with Gasteiger partial charge in [0.2, 0.25) is 0 Å². The molecule has 0 aromatic heterocycles. The number of carbonyl (C=O) groups is 1. The highest BCUT2D eigenvalue weighted by atomic mass is 16.1. The fraction of sp³-hybridized carbons (Fsp3) is 0.308. The Labute approximate surface area is 96.0 Å². The largest absolute Gasteiger partial charge is 0.399 e. The number of hydrogen-bond acceptors (Lipinski definition) is 2. The first-order valence-electron chi connectivity index (χ1n) is 5.02. The molecular weight excluding hydrogens is 200 g/mol. The van der Waals surface area contributed by atoms with Crippen molar-refractivity contribution in [1.82, 2.24) is 5.32 Å². The van der Waals surface area contributed by atoms with Crippen LogP contribution >= 0.6 is 0 Å². The van der Waals surface area contributed by atoms with Gasteiger partial charge in [-0.2, -0.15) is 0 Å². The van der Waals surface area contributed by atoms with Crippen molar-refractivity contribution in [2.75, 3.05) is 5.73 Å². The number of nitrogen functional groups attached to an aromatic ring is 1. The van der Waals surface area contributed by atoms with Gasteiger partial charge in [-0.15, -0.1) is 6.42 Å². The van der Waals surface area contributed by atoms with Gasteiger partial charge in [-0.25, -0.2) is 0 Å². The van der Waals surface area contributed by atoms with Gasteiger partial charge in [-0.3, -0.25) is 4.79 Å². The lowest BCUT2D eigenvalue weighted by Gasteiger charge is -2.19. The number of amides is 1. The molecule has 3 N–H and O–H groups in total. The van der Waals surface area contributed by atoms with Gasteiger partial charge >= 0.3 is 0 Å². The highest BCUT2D eigenvalue weighted by molar-refractivity contribution is 5.95. The monoisotopic (exact) mass is 216 g/mol. The maximum atomic E-state index is 11.8. The number of rotatable bonds is 2. The van der Waals surface area contributed by atoms with Gasteiger partial charge in [0.05, 0.1) is 5.54 Å². The molecule has 0 unspecified atom stereocenters. The summed E-state index contributed by atoms with van der Waals surface area (Å²) < 4.78 is 0. The van der Waals surface area contributed by atoms with Crippen molar-refractivity contribution < 1.29 is 4.79 Å². The van der Waals surface area contributed by atoms with E-state index in [4.69, 9.17) is 12.2 Å². The van der Waals surface area contributed by atoms with Crippen LogP contribution in [0.5, 0.6) is 0 Å². The molecule has 0 spiro atoms.